The van der Waals surface area contributed by atoms with E-state index in [1.165, 1.54) is 43.1 Å². The first-order valence-electron chi connectivity index (χ1n) is 12.8. The molecule has 0 saturated heterocycles. The molecule has 0 N–H and O–H groups in total. The molecule has 0 saturated carbocycles. The van der Waals surface area contributed by atoms with Crippen LogP contribution in [0.25, 0.3) is 43.1 Å². The van der Waals surface area contributed by atoms with E-state index in [1.807, 2.05) is 60.7 Å². The summed E-state index contributed by atoms with van der Waals surface area (Å²) in [5.41, 5.74) is 0. The van der Waals surface area contributed by atoms with Gasteiger partial charge >= 0.3 is 26.2 Å². The van der Waals surface area contributed by atoms with E-state index < -0.39 is 0 Å². The maximum atomic E-state index is 2.89. The first-order chi connectivity index (χ1) is 18.9. The van der Waals surface area contributed by atoms with E-state index in [9.17, 15) is 0 Å². The van der Waals surface area contributed by atoms with Gasteiger partial charge in [0, 0.05) is 0 Å². The number of rotatable bonds is 0. The Balaban J connectivity index is 0.000000198. The molecule has 0 fully saturated rings. The Morgan fingerprint density at radius 3 is 0.756 bits per heavy atom. The molecule has 0 heterocycles. The van der Waals surface area contributed by atoms with Gasteiger partial charge < -0.3 is 24.8 Å². The summed E-state index contributed by atoms with van der Waals surface area (Å²) in [6.07, 6.45) is 0. The monoisotopic (exact) mass is 644 g/mol. The second-order valence-electron chi connectivity index (χ2n) is 8.79. The summed E-state index contributed by atoms with van der Waals surface area (Å²) in [6, 6.07) is 63.5. The van der Waals surface area contributed by atoms with E-state index in [2.05, 4.69) is 121 Å². The molecule has 202 valence electrons. The molecule has 8 aromatic rings. The van der Waals surface area contributed by atoms with E-state index in [4.69, 9.17) is 0 Å². The fourth-order valence-corrected chi connectivity index (χ4v) is 4.49. The predicted molar refractivity (Wildman–Crippen MR) is 165 cm³/mol. The fraction of sp³-hybridized carbons (Fsp3) is 0. The molecule has 0 atom stereocenters. The molecule has 0 spiro atoms. The van der Waals surface area contributed by atoms with Gasteiger partial charge in [-0.3, -0.25) is 0 Å². The molecule has 0 radical (unpaired) electrons. The Bertz CT molecular complexity index is 1530. The van der Waals surface area contributed by atoms with Gasteiger partial charge in [0.1, 0.15) is 0 Å². The van der Waals surface area contributed by atoms with Crippen LogP contribution in [0.2, 0.25) is 0 Å². The molecular weight excluding hydrogens is 619 g/mol. The third kappa shape index (κ3) is 9.27. The van der Waals surface area contributed by atoms with Gasteiger partial charge in [-0.15, -0.1) is 79.5 Å². The van der Waals surface area contributed by atoms with Crippen molar-refractivity contribution in [1.82, 2.24) is 0 Å². The third-order valence-electron chi connectivity index (χ3n) is 6.26. The van der Waals surface area contributed by atoms with Crippen LogP contribution in [0.4, 0.5) is 0 Å². The van der Waals surface area contributed by atoms with Crippen LogP contribution in [0, 0.1) is 12.1 Å². The average Bonchev–Trinajstić information content (AvgIpc) is 3.59. The van der Waals surface area contributed by atoms with Crippen LogP contribution in [0.3, 0.4) is 0 Å². The molecule has 0 unspecified atom stereocenters. The molecule has 41 heavy (non-hydrogen) atoms. The van der Waals surface area contributed by atoms with Crippen molar-refractivity contribution in [2.24, 2.45) is 0 Å². The molecule has 8 rings (SSSR count). The van der Waals surface area contributed by atoms with Gasteiger partial charge in [-0.1, -0.05) is 72.8 Å². The quantitative estimate of drug-likeness (QED) is 0.215. The van der Waals surface area contributed by atoms with Gasteiger partial charge in [0.25, 0.3) is 0 Å². The molecule has 0 aromatic heterocycles. The summed E-state index contributed by atoms with van der Waals surface area (Å²) in [7, 11) is 0. The van der Waals surface area contributed by atoms with Crippen molar-refractivity contribution in [3.8, 4) is 0 Å². The molecule has 0 aliphatic heterocycles. The summed E-state index contributed by atoms with van der Waals surface area (Å²) >= 11 is 0. The second-order valence-corrected chi connectivity index (χ2v) is 8.79. The van der Waals surface area contributed by atoms with E-state index in [0.29, 0.717) is 0 Å². The van der Waals surface area contributed by atoms with Crippen molar-refractivity contribution >= 4 is 43.1 Å². The van der Waals surface area contributed by atoms with Crippen molar-refractivity contribution < 1.29 is 51.0 Å². The van der Waals surface area contributed by atoms with Crippen molar-refractivity contribution in [2.45, 2.75) is 0 Å². The third-order valence-corrected chi connectivity index (χ3v) is 6.26. The van der Waals surface area contributed by atoms with Crippen molar-refractivity contribution in [3.63, 3.8) is 0 Å². The largest absolute Gasteiger partial charge is 2.00 e. The maximum Gasteiger partial charge on any atom is 2.00 e. The smallest absolute Gasteiger partial charge is 1.00 e. The van der Waals surface area contributed by atoms with Crippen molar-refractivity contribution in [1.29, 1.82) is 0 Å². The van der Waals surface area contributed by atoms with Crippen LogP contribution >= 0.6 is 0 Å². The minimum absolute atomic E-state index is 0. The minimum Gasteiger partial charge on any atom is -1.00 e. The van der Waals surface area contributed by atoms with Crippen LogP contribution < -0.4 is 24.8 Å². The molecule has 0 aliphatic rings. The van der Waals surface area contributed by atoms with Gasteiger partial charge in [-0.25, -0.2) is 0 Å². The van der Waals surface area contributed by atoms with Crippen LogP contribution in [-0.4, -0.2) is 0 Å². The Hall–Kier alpha value is -3.48. The summed E-state index contributed by atoms with van der Waals surface area (Å²) in [4.78, 5) is 0. The van der Waals surface area contributed by atoms with Crippen LogP contribution in [0.5, 0.6) is 0 Å². The Morgan fingerprint density at radius 1 is 0.317 bits per heavy atom. The molecule has 0 amide bonds. The zero-order valence-electron chi connectivity index (χ0n) is 22.4. The number of hydrogen-bond acceptors (Lipinski definition) is 0. The van der Waals surface area contributed by atoms with Gasteiger partial charge in [0.05, 0.1) is 0 Å². The standard InChI is InChI=1S/2C13H9.2C6H5.2ClH.Zr/c2*1-3-7-12-10(5-1)9-11-6-2-4-8-13(11)12;2*1-2-4-6-5-3-1;;;/h2*1-9H;2*1-5H;2*1H;/q4*-1;;;+2/p-2. The first-order valence-corrected chi connectivity index (χ1v) is 12.8. The van der Waals surface area contributed by atoms with E-state index in [0.717, 1.165) is 0 Å². The van der Waals surface area contributed by atoms with Crippen LogP contribution in [0.15, 0.2) is 170 Å². The van der Waals surface area contributed by atoms with Crippen LogP contribution in [0.1, 0.15) is 0 Å². The maximum absolute atomic E-state index is 2.89. The van der Waals surface area contributed by atoms with E-state index >= 15 is 0 Å². The van der Waals surface area contributed by atoms with Gasteiger partial charge in [-0.2, -0.15) is 72.8 Å². The molecule has 8 aromatic carbocycles. The Labute approximate surface area is 274 Å². The average molecular weight is 647 g/mol. The zero-order valence-corrected chi connectivity index (χ0v) is 26.4. The van der Waals surface area contributed by atoms with Crippen molar-refractivity contribution in [3.05, 3.63) is 182 Å². The molecule has 0 aliphatic carbocycles. The number of halogens is 2. The number of fused-ring (bicyclic) bond motifs is 6. The van der Waals surface area contributed by atoms with Gasteiger partial charge in [0.2, 0.25) is 0 Å². The van der Waals surface area contributed by atoms with Crippen LogP contribution in [-0.2, 0) is 26.2 Å². The Kier molecular flexibility index (Phi) is 14.9. The molecule has 3 heteroatoms. The minimum atomic E-state index is 0. The summed E-state index contributed by atoms with van der Waals surface area (Å²) in [5.74, 6) is 0. The number of hydrogen-bond donors (Lipinski definition) is 0. The topological polar surface area (TPSA) is 0 Å². The zero-order chi connectivity index (χ0) is 25.8. The Morgan fingerprint density at radius 2 is 0.561 bits per heavy atom. The summed E-state index contributed by atoms with van der Waals surface area (Å²) in [6.45, 7) is 0. The normalized spacial score (nSPS) is 9.37. The first kappa shape index (κ1) is 33.7. The van der Waals surface area contributed by atoms with E-state index in [-0.39, 0.29) is 51.0 Å². The van der Waals surface area contributed by atoms with Gasteiger partial charge in [0.15, 0.2) is 0 Å². The van der Waals surface area contributed by atoms with Gasteiger partial charge in [-0.05, 0) is 0 Å². The summed E-state index contributed by atoms with van der Waals surface area (Å²) in [5, 5.41) is 10.8. The second kappa shape index (κ2) is 18.1. The number of benzene rings is 6. The SMILES string of the molecule is [Cl-].[Cl-].[Zr+2].[c-]1ccccc1.[c-]1ccccc1.c1ccc2c(c1)[cH-]c1ccccc12.c1ccc2c(c1)[cH-]c1ccccc12. The van der Waals surface area contributed by atoms with Crippen molar-refractivity contribution in [2.75, 3.05) is 0 Å². The predicted octanol–water partition coefficient (Wildman–Crippen LogP) is 4.40. The van der Waals surface area contributed by atoms with E-state index in [1.54, 1.807) is 0 Å². The molecule has 0 nitrogen and oxygen atoms in total. The summed E-state index contributed by atoms with van der Waals surface area (Å²) < 4.78 is 0. The molecule has 0 bridgehead atoms. The fourth-order valence-electron chi connectivity index (χ4n) is 4.49. The molecular formula is C38H28Cl2Zr-4.